The van der Waals surface area contributed by atoms with E-state index in [0.717, 1.165) is 23.5 Å². The molecule has 0 atom stereocenters. The highest BCUT2D eigenvalue weighted by atomic mass is 16.5. The van der Waals surface area contributed by atoms with Gasteiger partial charge in [0.25, 0.3) is 5.91 Å². The number of hydrogen-bond acceptors (Lipinski definition) is 4. The molecule has 0 heterocycles. The van der Waals surface area contributed by atoms with E-state index in [9.17, 15) is 9.59 Å². The topological polar surface area (TPSA) is 70.7 Å². The largest absolute Gasteiger partial charge is 0.493 e. The number of carbonyl (C=O) groups excluding carboxylic acids is 2. The molecule has 4 rings (SSSR count). The molecule has 0 aliphatic heterocycles. The van der Waals surface area contributed by atoms with Gasteiger partial charge in [-0.1, -0.05) is 54.6 Å². The molecular formula is C31H31N3O3. The maximum Gasteiger partial charge on any atom is 0.258 e. The summed E-state index contributed by atoms with van der Waals surface area (Å²) in [7, 11) is 0. The predicted molar refractivity (Wildman–Crippen MR) is 149 cm³/mol. The first-order chi connectivity index (χ1) is 18.1. The Bertz CT molecular complexity index is 1290. The second-order valence-corrected chi connectivity index (χ2v) is 8.48. The number of nitrogens with one attached hydrogen (secondary N) is 2. The van der Waals surface area contributed by atoms with E-state index in [1.54, 1.807) is 29.2 Å². The molecule has 6 nitrogen and oxygen atoms in total. The van der Waals surface area contributed by atoms with Crippen molar-refractivity contribution in [2.75, 3.05) is 35.2 Å². The minimum Gasteiger partial charge on any atom is -0.493 e. The number of para-hydroxylation sites is 1. The molecule has 0 saturated heterocycles. The van der Waals surface area contributed by atoms with Crippen molar-refractivity contribution in [1.29, 1.82) is 0 Å². The van der Waals surface area contributed by atoms with Crippen LogP contribution in [0, 0.1) is 0 Å². The molecule has 188 valence electrons. The van der Waals surface area contributed by atoms with Crippen molar-refractivity contribution in [2.24, 2.45) is 0 Å². The molecule has 0 saturated carbocycles. The lowest BCUT2D eigenvalue weighted by Crippen LogP contribution is -2.30. The summed E-state index contributed by atoms with van der Waals surface area (Å²) in [6.07, 6.45) is 0.844. The third kappa shape index (κ3) is 7.45. The molecule has 0 radical (unpaired) electrons. The van der Waals surface area contributed by atoms with Gasteiger partial charge in [-0.05, 0) is 67.1 Å². The molecule has 4 aromatic rings. The van der Waals surface area contributed by atoms with Crippen molar-refractivity contribution in [2.45, 2.75) is 13.3 Å². The normalized spacial score (nSPS) is 10.4. The number of nitrogens with zero attached hydrogens (tertiary/aromatic N) is 1. The Morgan fingerprint density at radius 3 is 2.19 bits per heavy atom. The van der Waals surface area contributed by atoms with Gasteiger partial charge in [0.2, 0.25) is 5.91 Å². The fraction of sp³-hybridized carbons (Fsp3) is 0.161. The van der Waals surface area contributed by atoms with Crippen LogP contribution in [0.4, 0.5) is 17.1 Å². The molecule has 0 unspecified atom stereocenters. The van der Waals surface area contributed by atoms with Crippen molar-refractivity contribution in [3.8, 4) is 5.75 Å². The molecule has 0 aliphatic rings. The van der Waals surface area contributed by atoms with Crippen LogP contribution in [-0.4, -0.2) is 31.5 Å². The first kappa shape index (κ1) is 25.5. The highest BCUT2D eigenvalue weighted by Gasteiger charge is 2.16. The number of rotatable bonds is 11. The molecule has 6 heteroatoms. The van der Waals surface area contributed by atoms with Gasteiger partial charge in [-0.3, -0.25) is 9.59 Å². The van der Waals surface area contributed by atoms with Gasteiger partial charge in [0.15, 0.2) is 0 Å². The van der Waals surface area contributed by atoms with Gasteiger partial charge < -0.3 is 20.3 Å². The Balaban J connectivity index is 1.26. The zero-order valence-electron chi connectivity index (χ0n) is 20.9. The summed E-state index contributed by atoms with van der Waals surface area (Å²) in [4.78, 5) is 27.3. The second-order valence-electron chi connectivity index (χ2n) is 8.48. The fourth-order valence-corrected chi connectivity index (χ4v) is 3.93. The lowest BCUT2D eigenvalue weighted by Gasteiger charge is -2.21. The van der Waals surface area contributed by atoms with E-state index >= 15 is 0 Å². The fourth-order valence-electron chi connectivity index (χ4n) is 3.93. The maximum absolute atomic E-state index is 13.1. The molecule has 37 heavy (non-hydrogen) atoms. The smallest absolute Gasteiger partial charge is 0.258 e. The molecule has 0 fully saturated rings. The van der Waals surface area contributed by atoms with Crippen LogP contribution in [0.15, 0.2) is 109 Å². The first-order valence-corrected chi connectivity index (χ1v) is 12.4. The lowest BCUT2D eigenvalue weighted by atomic mass is 10.1. The second kappa shape index (κ2) is 12.9. The Morgan fingerprint density at radius 1 is 0.784 bits per heavy atom. The average Bonchev–Trinajstić information content (AvgIpc) is 2.94. The first-order valence-electron chi connectivity index (χ1n) is 12.4. The number of ether oxygens (including phenoxy) is 1. The van der Waals surface area contributed by atoms with E-state index in [1.165, 1.54) is 5.56 Å². The standard InChI is InChI=1S/C31H31N3O3/c1-2-34(28-14-7-4-8-15-28)31(36)25-12-9-13-27(22-25)33-30(35)23-32-26-16-18-29(19-17-26)37-21-20-24-10-5-3-6-11-24/h3-19,22,32H,2,20-21,23H2,1H3,(H,33,35). The average molecular weight is 494 g/mol. The summed E-state index contributed by atoms with van der Waals surface area (Å²) in [5, 5.41) is 5.98. The van der Waals surface area contributed by atoms with Crippen LogP contribution in [0.3, 0.4) is 0 Å². The highest BCUT2D eigenvalue weighted by molar-refractivity contribution is 6.07. The number of anilines is 3. The number of carbonyl (C=O) groups is 2. The molecule has 0 aromatic heterocycles. The maximum atomic E-state index is 13.1. The van der Waals surface area contributed by atoms with Crippen LogP contribution >= 0.6 is 0 Å². The van der Waals surface area contributed by atoms with Gasteiger partial charge in [0, 0.05) is 35.6 Å². The summed E-state index contributed by atoms with van der Waals surface area (Å²) >= 11 is 0. The molecule has 2 N–H and O–H groups in total. The monoisotopic (exact) mass is 493 g/mol. The van der Waals surface area contributed by atoms with Gasteiger partial charge >= 0.3 is 0 Å². The number of amides is 2. The van der Waals surface area contributed by atoms with E-state index in [0.29, 0.717) is 24.4 Å². The quantitative estimate of drug-likeness (QED) is 0.268. The van der Waals surface area contributed by atoms with E-state index in [-0.39, 0.29) is 18.4 Å². The Hall–Kier alpha value is -4.58. The zero-order chi connectivity index (χ0) is 25.9. The van der Waals surface area contributed by atoms with E-state index in [1.807, 2.05) is 79.7 Å². The van der Waals surface area contributed by atoms with Crippen LogP contribution in [0.5, 0.6) is 5.75 Å². The van der Waals surface area contributed by atoms with Crippen LogP contribution in [-0.2, 0) is 11.2 Å². The van der Waals surface area contributed by atoms with Gasteiger partial charge in [0.1, 0.15) is 5.75 Å². The van der Waals surface area contributed by atoms with Crippen LogP contribution in [0.1, 0.15) is 22.8 Å². The third-order valence-corrected chi connectivity index (χ3v) is 5.83. The van der Waals surface area contributed by atoms with Crippen LogP contribution in [0.25, 0.3) is 0 Å². The highest BCUT2D eigenvalue weighted by Crippen LogP contribution is 2.19. The molecule has 2 amide bonds. The van der Waals surface area contributed by atoms with Crippen molar-refractivity contribution in [1.82, 2.24) is 0 Å². The molecule has 4 aromatic carbocycles. The van der Waals surface area contributed by atoms with Gasteiger partial charge in [-0.25, -0.2) is 0 Å². The Labute approximate surface area is 217 Å². The summed E-state index contributed by atoms with van der Waals surface area (Å²) < 4.78 is 5.82. The van der Waals surface area contributed by atoms with E-state index < -0.39 is 0 Å². The van der Waals surface area contributed by atoms with Gasteiger partial charge in [-0.15, -0.1) is 0 Å². The van der Waals surface area contributed by atoms with Crippen molar-refractivity contribution in [3.05, 3.63) is 120 Å². The Kier molecular flexibility index (Phi) is 8.92. The molecule has 0 aliphatic carbocycles. The van der Waals surface area contributed by atoms with Gasteiger partial charge in [0.05, 0.1) is 13.2 Å². The summed E-state index contributed by atoms with van der Waals surface area (Å²) in [6, 6.07) is 34.3. The Morgan fingerprint density at radius 2 is 1.49 bits per heavy atom. The minimum absolute atomic E-state index is 0.0947. The number of benzene rings is 4. The number of hydrogen-bond donors (Lipinski definition) is 2. The predicted octanol–water partition coefficient (Wildman–Crippen LogP) is 6.03. The van der Waals surface area contributed by atoms with Crippen molar-refractivity contribution in [3.63, 3.8) is 0 Å². The van der Waals surface area contributed by atoms with Crippen molar-refractivity contribution >= 4 is 28.9 Å². The SMILES string of the molecule is CCN(C(=O)c1cccc(NC(=O)CNc2ccc(OCCc3ccccc3)cc2)c1)c1ccccc1. The van der Waals surface area contributed by atoms with Crippen molar-refractivity contribution < 1.29 is 14.3 Å². The van der Waals surface area contributed by atoms with Crippen LogP contribution < -0.4 is 20.3 Å². The summed E-state index contributed by atoms with van der Waals surface area (Å²) in [5.41, 5.74) is 3.97. The lowest BCUT2D eigenvalue weighted by molar-refractivity contribution is -0.114. The summed E-state index contributed by atoms with van der Waals surface area (Å²) in [6.45, 7) is 3.17. The molecule has 0 spiro atoms. The third-order valence-electron chi connectivity index (χ3n) is 5.83. The van der Waals surface area contributed by atoms with Crippen LogP contribution in [0.2, 0.25) is 0 Å². The van der Waals surface area contributed by atoms with E-state index in [2.05, 4.69) is 22.8 Å². The summed E-state index contributed by atoms with van der Waals surface area (Å²) in [5.74, 6) is 0.459. The minimum atomic E-state index is -0.205. The molecule has 0 bridgehead atoms. The van der Waals surface area contributed by atoms with Gasteiger partial charge in [-0.2, -0.15) is 0 Å². The molecular weight excluding hydrogens is 462 g/mol. The zero-order valence-corrected chi connectivity index (χ0v) is 20.9. The van der Waals surface area contributed by atoms with E-state index in [4.69, 9.17) is 4.74 Å².